The van der Waals surface area contributed by atoms with Crippen LogP contribution in [0.3, 0.4) is 0 Å². The van der Waals surface area contributed by atoms with Gasteiger partial charge in [0.15, 0.2) is 11.6 Å². The maximum absolute atomic E-state index is 5.86. The largest absolute Gasteiger partial charge is 0.491 e. The lowest BCUT2D eigenvalue weighted by atomic mass is 10.2. The van der Waals surface area contributed by atoms with Crippen molar-refractivity contribution in [3.8, 4) is 11.5 Å². The van der Waals surface area contributed by atoms with E-state index in [9.17, 15) is 0 Å². The van der Waals surface area contributed by atoms with Gasteiger partial charge in [-0.25, -0.2) is 15.0 Å². The summed E-state index contributed by atoms with van der Waals surface area (Å²) < 4.78 is 22.9. The number of ether oxygens (including phenoxy) is 4. The van der Waals surface area contributed by atoms with Gasteiger partial charge in [0.05, 0.1) is 26.4 Å². The fraction of sp³-hybridized carbons (Fsp3) is 0.240. The lowest BCUT2D eigenvalue weighted by Crippen LogP contribution is -2.14. The Labute approximate surface area is 187 Å². The molecule has 0 saturated heterocycles. The summed E-state index contributed by atoms with van der Waals surface area (Å²) in [6, 6.07) is 21.0. The maximum atomic E-state index is 5.86. The monoisotopic (exact) mass is 431 g/mol. The zero-order valence-corrected chi connectivity index (χ0v) is 17.7. The van der Waals surface area contributed by atoms with Gasteiger partial charge >= 0.3 is 0 Å². The van der Waals surface area contributed by atoms with Crippen LogP contribution in [0.15, 0.2) is 76.7 Å². The third kappa shape index (κ3) is 6.47. The molecule has 2 heterocycles. The van der Waals surface area contributed by atoms with E-state index in [1.807, 2.05) is 66.7 Å². The number of pyridine rings is 1. The van der Waals surface area contributed by atoms with Crippen LogP contribution in [-0.2, 0) is 9.47 Å². The van der Waals surface area contributed by atoms with Gasteiger partial charge in [0.25, 0.3) is 0 Å². The van der Waals surface area contributed by atoms with E-state index >= 15 is 0 Å². The van der Waals surface area contributed by atoms with Crippen LogP contribution in [-0.4, -0.2) is 57.1 Å². The Hall–Kier alpha value is -3.55. The molecular formula is C25H25N3O4. The fourth-order valence-corrected chi connectivity index (χ4v) is 3.01. The molecule has 2 bridgehead atoms. The van der Waals surface area contributed by atoms with Gasteiger partial charge in [-0.2, -0.15) is 0 Å². The van der Waals surface area contributed by atoms with E-state index in [1.165, 1.54) is 0 Å². The highest BCUT2D eigenvalue weighted by Gasteiger charge is 2.04. The second-order valence-corrected chi connectivity index (χ2v) is 6.87. The van der Waals surface area contributed by atoms with Crippen molar-refractivity contribution in [2.75, 3.05) is 39.6 Å². The van der Waals surface area contributed by atoms with Crippen molar-refractivity contribution in [2.24, 2.45) is 9.98 Å². The van der Waals surface area contributed by atoms with Crippen molar-refractivity contribution in [1.29, 1.82) is 0 Å². The Morgan fingerprint density at radius 3 is 1.50 bits per heavy atom. The van der Waals surface area contributed by atoms with Crippen molar-refractivity contribution in [3.05, 3.63) is 77.9 Å². The molecule has 1 aromatic heterocycles. The van der Waals surface area contributed by atoms with E-state index in [1.54, 1.807) is 12.4 Å². The zero-order valence-electron chi connectivity index (χ0n) is 17.7. The molecule has 7 nitrogen and oxygen atoms in total. The van der Waals surface area contributed by atoms with E-state index < -0.39 is 0 Å². The summed E-state index contributed by atoms with van der Waals surface area (Å²) in [4.78, 5) is 13.5. The van der Waals surface area contributed by atoms with E-state index in [-0.39, 0.29) is 0 Å². The molecule has 1 aliphatic heterocycles. The molecule has 0 atom stereocenters. The summed E-state index contributed by atoms with van der Waals surface area (Å²) in [5.41, 5.74) is 1.73. The van der Waals surface area contributed by atoms with Gasteiger partial charge in [0.1, 0.15) is 24.7 Å². The van der Waals surface area contributed by atoms with Gasteiger partial charge in [0.2, 0.25) is 0 Å². The predicted octanol–water partition coefficient (Wildman–Crippen LogP) is 4.39. The molecule has 164 valence electrons. The van der Waals surface area contributed by atoms with Crippen LogP contribution in [0.2, 0.25) is 0 Å². The molecule has 0 fully saturated rings. The van der Waals surface area contributed by atoms with Crippen LogP contribution in [0.25, 0.3) is 0 Å². The number of nitrogens with zero attached hydrogens (tertiary/aromatic N) is 3. The van der Waals surface area contributed by atoms with E-state index in [4.69, 9.17) is 18.9 Å². The number of para-hydroxylation sites is 2. The fourth-order valence-electron chi connectivity index (χ4n) is 3.01. The number of hydrogen-bond donors (Lipinski definition) is 0. The minimum atomic E-state index is 0.438. The van der Waals surface area contributed by atoms with Crippen molar-refractivity contribution in [2.45, 2.75) is 0 Å². The first-order chi connectivity index (χ1) is 15.9. The van der Waals surface area contributed by atoms with E-state index in [0.29, 0.717) is 51.3 Å². The average molecular weight is 431 g/mol. The Morgan fingerprint density at radius 2 is 0.969 bits per heavy atom. The molecule has 1 aliphatic rings. The molecule has 3 aromatic rings. The third-order valence-electron chi connectivity index (χ3n) is 4.57. The minimum absolute atomic E-state index is 0.438. The van der Waals surface area contributed by atoms with E-state index in [0.717, 1.165) is 22.6 Å². The van der Waals surface area contributed by atoms with Crippen molar-refractivity contribution in [3.63, 3.8) is 0 Å². The smallest absolute Gasteiger partial charge is 0.154 e. The molecule has 0 amide bonds. The summed E-state index contributed by atoms with van der Waals surface area (Å²) in [5, 5.41) is 0. The molecule has 0 unspecified atom stereocenters. The van der Waals surface area contributed by atoms with Gasteiger partial charge in [0, 0.05) is 23.6 Å². The Morgan fingerprint density at radius 1 is 0.500 bits per heavy atom. The van der Waals surface area contributed by atoms with Gasteiger partial charge in [-0.1, -0.05) is 30.3 Å². The number of aliphatic imine (C=N–C) groups is 2. The standard InChI is InChI=1S/C25H25N3O4/c1-3-8-22-20(6-1)18-26-24-10-5-11-25(28-24)27-19-21-7-2-4-9-23(21)32-17-15-30-13-12-29-14-16-31-22/h1-11,18-19H,12-17H2/b26-18-,27-19?. The predicted molar refractivity (Wildman–Crippen MR) is 124 cm³/mol. The molecule has 0 aliphatic carbocycles. The van der Waals surface area contributed by atoms with Gasteiger partial charge in [-0.15, -0.1) is 0 Å². The van der Waals surface area contributed by atoms with Crippen molar-refractivity contribution >= 4 is 24.1 Å². The van der Waals surface area contributed by atoms with Gasteiger partial charge in [-0.3, -0.25) is 0 Å². The molecule has 0 saturated carbocycles. The summed E-state index contributed by atoms with van der Waals surface area (Å²) in [7, 11) is 0. The molecule has 0 spiro atoms. The number of aromatic nitrogens is 1. The van der Waals surface area contributed by atoms with Crippen LogP contribution >= 0.6 is 0 Å². The second kappa shape index (κ2) is 11.7. The first-order valence-electron chi connectivity index (χ1n) is 10.5. The normalized spacial score (nSPS) is 16.4. The molecule has 32 heavy (non-hydrogen) atoms. The number of hydrogen-bond acceptors (Lipinski definition) is 7. The first kappa shape index (κ1) is 21.7. The van der Waals surface area contributed by atoms with Crippen molar-refractivity contribution < 1.29 is 18.9 Å². The van der Waals surface area contributed by atoms with Gasteiger partial charge in [-0.05, 0) is 36.4 Å². The molecule has 2 aromatic carbocycles. The molecule has 4 rings (SSSR count). The number of rotatable bonds is 0. The Balaban J connectivity index is 1.57. The lowest BCUT2D eigenvalue weighted by Gasteiger charge is -2.10. The van der Waals surface area contributed by atoms with Crippen LogP contribution < -0.4 is 9.47 Å². The maximum Gasteiger partial charge on any atom is 0.154 e. The number of fused-ring (bicyclic) bond motifs is 4. The number of benzene rings is 2. The SMILES string of the molecule is C1=Nc2cccc(n2)/N=C\c2ccccc2OCCOCCOCCOc2ccccc21. The quantitative estimate of drug-likeness (QED) is 0.528. The molecule has 7 heteroatoms. The highest BCUT2D eigenvalue weighted by atomic mass is 16.6. The van der Waals surface area contributed by atoms with Crippen LogP contribution in [0.4, 0.5) is 11.6 Å². The summed E-state index contributed by atoms with van der Waals surface area (Å²) in [5.74, 6) is 2.60. The third-order valence-corrected chi connectivity index (χ3v) is 4.57. The lowest BCUT2D eigenvalue weighted by molar-refractivity contribution is 0.0273. The average Bonchev–Trinajstić information content (AvgIpc) is 2.83. The molecular weight excluding hydrogens is 406 g/mol. The molecule has 0 N–H and O–H groups in total. The Kier molecular flexibility index (Phi) is 7.95. The summed E-state index contributed by atoms with van der Waals surface area (Å²) in [6.07, 6.45) is 3.48. The zero-order chi connectivity index (χ0) is 21.8. The second-order valence-electron chi connectivity index (χ2n) is 6.87. The highest BCUT2D eigenvalue weighted by Crippen LogP contribution is 2.20. The van der Waals surface area contributed by atoms with Crippen LogP contribution in [0.1, 0.15) is 11.1 Å². The highest BCUT2D eigenvalue weighted by molar-refractivity contribution is 5.86. The van der Waals surface area contributed by atoms with E-state index in [2.05, 4.69) is 15.0 Å². The first-order valence-corrected chi connectivity index (χ1v) is 10.5. The minimum Gasteiger partial charge on any atom is -0.491 e. The Bertz CT molecular complexity index is 988. The molecule has 0 radical (unpaired) electrons. The van der Waals surface area contributed by atoms with Gasteiger partial charge < -0.3 is 18.9 Å². The topological polar surface area (TPSA) is 74.5 Å². The summed E-state index contributed by atoms with van der Waals surface area (Å²) >= 11 is 0. The van der Waals surface area contributed by atoms with Crippen LogP contribution in [0.5, 0.6) is 11.5 Å². The summed E-state index contributed by atoms with van der Waals surface area (Å²) in [6.45, 7) is 2.81. The van der Waals surface area contributed by atoms with Crippen LogP contribution in [0, 0.1) is 0 Å². The van der Waals surface area contributed by atoms with Crippen molar-refractivity contribution in [1.82, 2.24) is 4.98 Å².